The van der Waals surface area contributed by atoms with Crippen LogP contribution in [-0.2, 0) is 27.8 Å². The molecule has 0 spiro atoms. The molecule has 4 unspecified atom stereocenters. The Bertz CT molecular complexity index is 1750. The van der Waals surface area contributed by atoms with Crippen molar-refractivity contribution in [1.29, 1.82) is 0 Å². The molecule has 6 heterocycles. The average Bonchev–Trinajstić information content (AvgIpc) is 3.68. The van der Waals surface area contributed by atoms with E-state index in [0.29, 0.717) is 0 Å². The SMILES string of the molecule is CO[C@H]1O[C@@H](n2cnc3c(=O)[nH]c(N)nc32)C(OP(=O)(O)OC[C@H]2O[C@@H](n3cnc4c(N)nc(Cl)nc43)CC2O)C1O. The number of rotatable bonds is 8. The summed E-state index contributed by atoms with van der Waals surface area (Å²) < 4.78 is 42.7. The van der Waals surface area contributed by atoms with Crippen molar-refractivity contribution in [2.45, 2.75) is 49.6 Å². The number of hydrogen-bond acceptors (Lipinski definition) is 16. The van der Waals surface area contributed by atoms with Gasteiger partial charge in [-0.25, -0.2) is 14.5 Å². The van der Waals surface area contributed by atoms with Crippen molar-refractivity contribution in [2.24, 2.45) is 0 Å². The van der Waals surface area contributed by atoms with Gasteiger partial charge in [0.1, 0.15) is 30.1 Å². The number of phosphoric acid groups is 1. The molecule has 0 aromatic carbocycles. The van der Waals surface area contributed by atoms with Gasteiger partial charge < -0.3 is 40.8 Å². The number of imidazole rings is 2. The highest BCUT2D eigenvalue weighted by Crippen LogP contribution is 2.50. The number of ether oxygens (including phenoxy) is 3. The molecule has 4 aromatic heterocycles. The van der Waals surface area contributed by atoms with E-state index >= 15 is 0 Å². The Morgan fingerprint density at radius 2 is 1.86 bits per heavy atom. The molecule has 20 nitrogen and oxygen atoms in total. The molecule has 0 saturated carbocycles. The van der Waals surface area contributed by atoms with Crippen LogP contribution in [-0.4, -0.2) is 98.6 Å². The van der Waals surface area contributed by atoms with Gasteiger partial charge in [-0.3, -0.25) is 28.0 Å². The number of hydrogen-bond donors (Lipinski definition) is 6. The quantitative estimate of drug-likeness (QED) is 0.0983. The summed E-state index contributed by atoms with van der Waals surface area (Å²) in [5.74, 6) is -0.164. The summed E-state index contributed by atoms with van der Waals surface area (Å²) in [6.07, 6.45) is -6.20. The van der Waals surface area contributed by atoms with Crippen LogP contribution < -0.4 is 17.0 Å². The van der Waals surface area contributed by atoms with Gasteiger partial charge in [0.2, 0.25) is 11.2 Å². The van der Waals surface area contributed by atoms with Crippen molar-refractivity contribution < 1.29 is 42.9 Å². The van der Waals surface area contributed by atoms with Crippen molar-refractivity contribution in [2.75, 3.05) is 25.2 Å². The average molecular weight is 631 g/mol. The molecular formula is C20H24ClN10O10P. The van der Waals surface area contributed by atoms with Crippen LogP contribution in [0.2, 0.25) is 5.28 Å². The van der Waals surface area contributed by atoms with E-state index in [1.165, 1.54) is 22.6 Å². The number of fused-ring (bicyclic) bond motifs is 2. The summed E-state index contributed by atoms with van der Waals surface area (Å²) in [4.78, 5) is 45.1. The number of nitrogens with one attached hydrogen (secondary N) is 1. The maximum Gasteiger partial charge on any atom is 0.472 e. The van der Waals surface area contributed by atoms with Gasteiger partial charge in [-0.1, -0.05) is 0 Å². The summed E-state index contributed by atoms with van der Waals surface area (Å²) >= 11 is 5.91. The number of nitrogens with zero attached hydrogens (tertiary/aromatic N) is 7. The van der Waals surface area contributed by atoms with E-state index in [1.54, 1.807) is 0 Å². The van der Waals surface area contributed by atoms with Crippen LogP contribution in [0, 0.1) is 0 Å². The van der Waals surface area contributed by atoms with Crippen LogP contribution in [0.4, 0.5) is 11.8 Å². The zero-order chi connectivity index (χ0) is 29.9. The molecule has 4 aromatic rings. The van der Waals surface area contributed by atoms with Gasteiger partial charge >= 0.3 is 7.82 Å². The molecular weight excluding hydrogens is 607 g/mol. The van der Waals surface area contributed by atoms with E-state index in [9.17, 15) is 24.5 Å². The van der Waals surface area contributed by atoms with Crippen molar-refractivity contribution in [3.63, 3.8) is 0 Å². The van der Waals surface area contributed by atoms with E-state index in [0.717, 1.165) is 6.33 Å². The summed E-state index contributed by atoms with van der Waals surface area (Å²) in [6, 6.07) is 0. The van der Waals surface area contributed by atoms with Crippen LogP contribution in [0.5, 0.6) is 0 Å². The van der Waals surface area contributed by atoms with Crippen molar-refractivity contribution in [3.8, 4) is 0 Å². The fourth-order valence-corrected chi connectivity index (χ4v) is 5.89. The van der Waals surface area contributed by atoms with E-state index in [-0.39, 0.29) is 45.8 Å². The topological polar surface area (TPSA) is 283 Å². The molecule has 8 N–H and O–H groups in total. The third kappa shape index (κ3) is 5.11. The largest absolute Gasteiger partial charge is 0.472 e. The summed E-state index contributed by atoms with van der Waals surface area (Å²) in [5.41, 5.74) is 11.2. The molecule has 2 fully saturated rings. The fraction of sp³-hybridized carbons (Fsp3) is 0.500. The van der Waals surface area contributed by atoms with Gasteiger partial charge in [-0.05, 0) is 11.6 Å². The highest BCUT2D eigenvalue weighted by atomic mass is 35.5. The first-order chi connectivity index (χ1) is 20.0. The predicted octanol–water partition coefficient (Wildman–Crippen LogP) is -1.21. The van der Waals surface area contributed by atoms with Crippen LogP contribution in [0.25, 0.3) is 22.3 Å². The second-order valence-electron chi connectivity index (χ2n) is 9.37. The molecule has 226 valence electrons. The third-order valence-corrected chi connectivity index (χ3v) is 7.87. The highest BCUT2D eigenvalue weighted by Gasteiger charge is 2.50. The molecule has 2 aliphatic heterocycles. The Morgan fingerprint density at radius 3 is 2.62 bits per heavy atom. The summed E-state index contributed by atoms with van der Waals surface area (Å²) in [6.45, 7) is -0.584. The van der Waals surface area contributed by atoms with Crippen LogP contribution >= 0.6 is 19.4 Å². The zero-order valence-electron chi connectivity index (χ0n) is 21.4. The molecule has 2 aliphatic rings. The van der Waals surface area contributed by atoms with Crippen molar-refractivity contribution in [1.82, 2.24) is 39.0 Å². The van der Waals surface area contributed by atoms with Gasteiger partial charge in [-0.15, -0.1) is 0 Å². The number of methoxy groups -OCH3 is 1. The molecule has 0 amide bonds. The first-order valence-corrected chi connectivity index (χ1v) is 14.1. The zero-order valence-corrected chi connectivity index (χ0v) is 23.1. The number of aliphatic hydroxyl groups excluding tert-OH is 2. The van der Waals surface area contributed by atoms with Crippen molar-refractivity contribution in [3.05, 3.63) is 28.3 Å². The number of aromatic nitrogens is 8. The van der Waals surface area contributed by atoms with E-state index in [2.05, 4.69) is 29.9 Å². The highest BCUT2D eigenvalue weighted by molar-refractivity contribution is 7.47. The standard InChI is InChI=1S/C20H24ClN10O10P/c1-37-18-11(33)12(17(40-18)31-5-25-10-15(31)28-20(23)29-16(10)34)41-42(35,36)38-3-7-6(32)2-8(39-7)30-4-24-9-13(22)26-19(21)27-14(9)30/h4-8,11-12,17-18,32-33H,2-3H2,1H3,(H,35,36)(H2,22,26,27)(H3,23,28,29,34)/t6?,7-,8-,11?,12?,17-,18+/m1/s1. The Balaban J connectivity index is 1.17. The monoisotopic (exact) mass is 630 g/mol. The van der Waals surface area contributed by atoms with Crippen LogP contribution in [0.3, 0.4) is 0 Å². The minimum absolute atomic E-state index is 0.0404. The normalized spacial score (nSPS) is 29.5. The Kier molecular flexibility index (Phi) is 7.38. The van der Waals surface area contributed by atoms with Crippen molar-refractivity contribution >= 4 is 53.5 Å². The predicted molar refractivity (Wildman–Crippen MR) is 139 cm³/mol. The molecule has 6 rings (SSSR count). The van der Waals surface area contributed by atoms with Crippen LogP contribution in [0.1, 0.15) is 18.9 Å². The third-order valence-electron chi connectivity index (χ3n) is 6.72. The van der Waals surface area contributed by atoms with Gasteiger partial charge in [-0.2, -0.15) is 15.0 Å². The molecule has 0 bridgehead atoms. The lowest BCUT2D eigenvalue weighted by molar-refractivity contribution is -0.160. The summed E-state index contributed by atoms with van der Waals surface area (Å²) in [7, 11) is -3.71. The molecule has 22 heteroatoms. The molecule has 42 heavy (non-hydrogen) atoms. The lowest BCUT2D eigenvalue weighted by Crippen LogP contribution is -2.34. The number of aliphatic hydroxyl groups is 2. The van der Waals surface area contributed by atoms with E-state index in [4.69, 9.17) is 46.3 Å². The second kappa shape index (κ2) is 10.8. The number of nitrogens with two attached hydrogens (primary N) is 2. The Morgan fingerprint density at radius 1 is 1.14 bits per heavy atom. The van der Waals surface area contributed by atoms with Gasteiger partial charge in [0.25, 0.3) is 5.56 Å². The Hall–Kier alpha value is -3.30. The molecule has 0 aliphatic carbocycles. The van der Waals surface area contributed by atoms with Gasteiger partial charge in [0.05, 0.1) is 25.4 Å². The van der Waals surface area contributed by atoms with Gasteiger partial charge in [0, 0.05) is 13.5 Å². The molecule has 8 atom stereocenters. The number of H-pyrrole nitrogens is 1. The fourth-order valence-electron chi connectivity index (χ4n) is 4.79. The number of aromatic amines is 1. The second-order valence-corrected chi connectivity index (χ2v) is 11.1. The smallest absolute Gasteiger partial charge is 0.390 e. The first-order valence-electron chi connectivity index (χ1n) is 12.2. The number of anilines is 2. The lowest BCUT2D eigenvalue weighted by Gasteiger charge is -2.24. The minimum atomic E-state index is -4.95. The van der Waals surface area contributed by atoms with E-state index < -0.39 is 63.2 Å². The number of phosphoric ester groups is 1. The maximum atomic E-state index is 13.0. The molecule has 2 saturated heterocycles. The molecule has 0 radical (unpaired) electrons. The summed E-state index contributed by atoms with van der Waals surface area (Å²) in [5, 5.41) is 21.2. The lowest BCUT2D eigenvalue weighted by atomic mass is 10.2. The number of nitrogen functional groups attached to an aromatic ring is 2. The van der Waals surface area contributed by atoms with E-state index in [1.807, 2.05) is 0 Å². The maximum absolute atomic E-state index is 13.0. The number of halogens is 1. The first kappa shape index (κ1) is 28.8. The van der Waals surface area contributed by atoms with Gasteiger partial charge in [0.15, 0.2) is 35.1 Å². The van der Waals surface area contributed by atoms with Crippen LogP contribution in [0.15, 0.2) is 17.4 Å². The Labute approximate surface area is 238 Å². The minimum Gasteiger partial charge on any atom is -0.390 e.